The van der Waals surface area contributed by atoms with Crippen LogP contribution in [0.1, 0.15) is 37.2 Å². The van der Waals surface area contributed by atoms with Crippen LogP contribution in [0.15, 0.2) is 24.3 Å². The van der Waals surface area contributed by atoms with Gasteiger partial charge in [0.1, 0.15) is 0 Å². The van der Waals surface area contributed by atoms with E-state index in [1.165, 1.54) is 18.4 Å². The van der Waals surface area contributed by atoms with Crippen molar-refractivity contribution in [3.8, 4) is 12.3 Å². The Kier molecular flexibility index (Phi) is 4.48. The van der Waals surface area contributed by atoms with Crippen molar-refractivity contribution in [1.29, 1.82) is 0 Å². The second kappa shape index (κ2) is 6.10. The molecule has 1 fully saturated rings. The Hall–Kier alpha value is -0.970. The maximum atomic E-state index is 5.88. The molecule has 0 saturated heterocycles. The number of terminal acetylenes is 1. The molecule has 1 N–H and O–H groups in total. The molecule has 0 unspecified atom stereocenters. The molecule has 0 spiro atoms. The molecule has 0 aromatic heterocycles. The van der Waals surface area contributed by atoms with Crippen molar-refractivity contribution in [3.05, 3.63) is 34.9 Å². The van der Waals surface area contributed by atoms with Gasteiger partial charge in [0, 0.05) is 17.5 Å². The minimum absolute atomic E-state index is 0.674. The van der Waals surface area contributed by atoms with Crippen molar-refractivity contribution in [2.45, 2.75) is 37.6 Å². The lowest BCUT2D eigenvalue weighted by atomic mass is 9.76. The van der Waals surface area contributed by atoms with E-state index in [9.17, 15) is 0 Å². The van der Waals surface area contributed by atoms with Gasteiger partial charge in [-0.2, -0.15) is 0 Å². The average molecular weight is 248 g/mol. The molecule has 1 saturated carbocycles. The smallest absolute Gasteiger partial charge is 0.0406 e. The van der Waals surface area contributed by atoms with E-state index in [0.29, 0.717) is 12.0 Å². The molecule has 2 rings (SSSR count). The quantitative estimate of drug-likeness (QED) is 0.619. The molecule has 0 atom stereocenters. The van der Waals surface area contributed by atoms with E-state index in [0.717, 1.165) is 24.4 Å². The summed E-state index contributed by atoms with van der Waals surface area (Å²) in [5.41, 5.74) is 1.41. The Balaban J connectivity index is 1.68. The highest BCUT2D eigenvalue weighted by molar-refractivity contribution is 6.30. The van der Waals surface area contributed by atoms with Gasteiger partial charge in [-0.1, -0.05) is 23.7 Å². The van der Waals surface area contributed by atoms with Crippen LogP contribution in [0.25, 0.3) is 0 Å². The van der Waals surface area contributed by atoms with Crippen LogP contribution in [0.4, 0.5) is 0 Å². The van der Waals surface area contributed by atoms with Crippen LogP contribution < -0.4 is 5.32 Å². The molecule has 17 heavy (non-hydrogen) atoms. The third-order valence-corrected chi connectivity index (χ3v) is 3.66. The lowest BCUT2D eigenvalue weighted by Gasteiger charge is -2.36. The lowest BCUT2D eigenvalue weighted by molar-refractivity contribution is 0.291. The van der Waals surface area contributed by atoms with Crippen molar-refractivity contribution in [1.82, 2.24) is 5.32 Å². The van der Waals surface area contributed by atoms with Crippen LogP contribution in [0.2, 0.25) is 5.02 Å². The van der Waals surface area contributed by atoms with Gasteiger partial charge in [0.25, 0.3) is 0 Å². The van der Waals surface area contributed by atoms with Gasteiger partial charge in [0.05, 0.1) is 0 Å². The number of nitrogens with one attached hydrogen (secondary N) is 1. The summed E-state index contributed by atoms with van der Waals surface area (Å²) in [6.07, 6.45) is 9.64. The number of benzene rings is 1. The highest BCUT2D eigenvalue weighted by Crippen LogP contribution is 2.37. The van der Waals surface area contributed by atoms with E-state index in [2.05, 4.69) is 23.4 Å². The molecule has 90 valence electrons. The standard InChI is InChI=1S/C15H18ClN/c1-2-3-4-9-17-15-10-13(11-15)12-5-7-14(16)8-6-12/h1,5-8,13,15,17H,3-4,9-11H2. The first-order valence-corrected chi connectivity index (χ1v) is 6.59. The largest absolute Gasteiger partial charge is 0.314 e. The van der Waals surface area contributed by atoms with Crippen LogP contribution in [0.3, 0.4) is 0 Å². The lowest BCUT2D eigenvalue weighted by Crippen LogP contribution is -2.40. The van der Waals surface area contributed by atoms with Gasteiger partial charge < -0.3 is 5.32 Å². The highest BCUT2D eigenvalue weighted by Gasteiger charge is 2.29. The predicted octanol–water partition coefficient (Wildman–Crippen LogP) is 3.59. The second-order valence-corrected chi connectivity index (χ2v) is 5.12. The third kappa shape index (κ3) is 3.49. The van der Waals surface area contributed by atoms with Gasteiger partial charge in [0.15, 0.2) is 0 Å². The first kappa shape index (κ1) is 12.5. The van der Waals surface area contributed by atoms with E-state index in [1.807, 2.05) is 12.1 Å². The van der Waals surface area contributed by atoms with Crippen molar-refractivity contribution < 1.29 is 0 Å². The zero-order valence-electron chi connectivity index (χ0n) is 9.95. The topological polar surface area (TPSA) is 12.0 Å². The molecule has 0 amide bonds. The minimum atomic E-state index is 0.674. The molecule has 1 aromatic carbocycles. The molecule has 1 nitrogen and oxygen atoms in total. The van der Waals surface area contributed by atoms with E-state index in [-0.39, 0.29) is 0 Å². The Morgan fingerprint density at radius 1 is 1.29 bits per heavy atom. The molecule has 0 heterocycles. The monoisotopic (exact) mass is 247 g/mol. The highest BCUT2D eigenvalue weighted by atomic mass is 35.5. The van der Waals surface area contributed by atoms with Crippen molar-refractivity contribution >= 4 is 11.6 Å². The number of rotatable bonds is 5. The predicted molar refractivity (Wildman–Crippen MR) is 73.3 cm³/mol. The summed E-state index contributed by atoms with van der Waals surface area (Å²) in [5.74, 6) is 3.37. The maximum absolute atomic E-state index is 5.88. The van der Waals surface area contributed by atoms with E-state index >= 15 is 0 Å². The van der Waals surface area contributed by atoms with Gasteiger partial charge in [-0.25, -0.2) is 0 Å². The first-order valence-electron chi connectivity index (χ1n) is 6.22. The normalized spacial score (nSPS) is 22.8. The molecule has 1 aromatic rings. The zero-order valence-corrected chi connectivity index (χ0v) is 10.7. The van der Waals surface area contributed by atoms with Crippen LogP contribution >= 0.6 is 11.6 Å². The maximum Gasteiger partial charge on any atom is 0.0406 e. The molecule has 2 heteroatoms. The summed E-state index contributed by atoms with van der Waals surface area (Å²) in [7, 11) is 0. The van der Waals surface area contributed by atoms with Gasteiger partial charge in [-0.05, 0) is 49.4 Å². The fourth-order valence-electron chi connectivity index (χ4n) is 2.29. The van der Waals surface area contributed by atoms with Crippen molar-refractivity contribution in [2.24, 2.45) is 0 Å². The minimum Gasteiger partial charge on any atom is -0.314 e. The summed E-state index contributed by atoms with van der Waals surface area (Å²) in [4.78, 5) is 0. The molecule has 0 radical (unpaired) electrons. The van der Waals surface area contributed by atoms with Gasteiger partial charge in [-0.3, -0.25) is 0 Å². The molecule has 0 bridgehead atoms. The molecule has 0 aliphatic heterocycles. The van der Waals surface area contributed by atoms with Crippen molar-refractivity contribution in [3.63, 3.8) is 0 Å². The summed E-state index contributed by atoms with van der Waals surface area (Å²) in [6.45, 7) is 1.04. The van der Waals surface area contributed by atoms with Gasteiger partial charge in [0.2, 0.25) is 0 Å². The van der Waals surface area contributed by atoms with Gasteiger partial charge in [-0.15, -0.1) is 12.3 Å². The summed E-state index contributed by atoms with van der Waals surface area (Å²) in [5, 5.41) is 4.36. The molecule has 1 aliphatic rings. The summed E-state index contributed by atoms with van der Waals surface area (Å²) >= 11 is 5.88. The fraction of sp³-hybridized carbons (Fsp3) is 0.467. The average Bonchev–Trinajstić information content (AvgIpc) is 2.28. The van der Waals surface area contributed by atoms with E-state index in [4.69, 9.17) is 18.0 Å². The number of hydrogen-bond acceptors (Lipinski definition) is 1. The third-order valence-electron chi connectivity index (χ3n) is 3.41. The van der Waals surface area contributed by atoms with Crippen LogP contribution in [0.5, 0.6) is 0 Å². The van der Waals surface area contributed by atoms with Crippen LogP contribution in [-0.2, 0) is 0 Å². The zero-order chi connectivity index (χ0) is 12.1. The van der Waals surface area contributed by atoms with E-state index in [1.54, 1.807) is 0 Å². The molecule has 1 aliphatic carbocycles. The van der Waals surface area contributed by atoms with Crippen LogP contribution in [-0.4, -0.2) is 12.6 Å². The first-order chi connectivity index (χ1) is 8.29. The molecular weight excluding hydrogens is 230 g/mol. The number of unbranched alkanes of at least 4 members (excludes halogenated alkanes) is 1. The molecular formula is C15H18ClN. The number of hydrogen-bond donors (Lipinski definition) is 1. The number of halogens is 1. The SMILES string of the molecule is C#CCCCNC1CC(c2ccc(Cl)cc2)C1. The van der Waals surface area contributed by atoms with Gasteiger partial charge >= 0.3 is 0 Å². The van der Waals surface area contributed by atoms with Crippen LogP contribution in [0, 0.1) is 12.3 Å². The fourth-order valence-corrected chi connectivity index (χ4v) is 2.41. The summed E-state index contributed by atoms with van der Waals surface area (Å²) < 4.78 is 0. The Bertz CT molecular complexity index is 384. The van der Waals surface area contributed by atoms with E-state index < -0.39 is 0 Å². The Morgan fingerprint density at radius 2 is 2.00 bits per heavy atom. The Labute approximate surface area is 109 Å². The second-order valence-electron chi connectivity index (χ2n) is 4.68. The summed E-state index contributed by atoms with van der Waals surface area (Å²) in [6, 6.07) is 8.91. The van der Waals surface area contributed by atoms with Crippen molar-refractivity contribution in [2.75, 3.05) is 6.54 Å². The Morgan fingerprint density at radius 3 is 2.65 bits per heavy atom.